The van der Waals surface area contributed by atoms with Crippen molar-refractivity contribution in [2.45, 2.75) is 24.3 Å². The average molecular weight is 476 g/mol. The van der Waals surface area contributed by atoms with Crippen molar-refractivity contribution in [2.24, 2.45) is 0 Å². The van der Waals surface area contributed by atoms with E-state index >= 15 is 0 Å². The van der Waals surface area contributed by atoms with Gasteiger partial charge in [0.2, 0.25) is 10.0 Å². The maximum Gasteiger partial charge on any atom is 0.253 e. The zero-order valence-corrected chi connectivity index (χ0v) is 17.4. The van der Waals surface area contributed by atoms with Gasteiger partial charge >= 0.3 is 0 Å². The van der Waals surface area contributed by atoms with E-state index in [1.165, 1.54) is 28.6 Å². The van der Waals surface area contributed by atoms with E-state index in [0.717, 1.165) is 12.8 Å². The number of rotatable bonds is 5. The molecule has 3 rings (SSSR count). The molecule has 0 spiro atoms. The Morgan fingerprint density at radius 3 is 2.59 bits per heavy atom. The number of nitrogens with one attached hydrogen (secondary N) is 1. The third-order valence-electron chi connectivity index (χ3n) is 4.33. The number of carbonyl (C=O) groups is 1. The van der Waals surface area contributed by atoms with Crippen molar-refractivity contribution in [3.8, 4) is 0 Å². The fourth-order valence-corrected chi connectivity index (χ4v) is 5.02. The van der Waals surface area contributed by atoms with Gasteiger partial charge in [-0.15, -0.1) is 0 Å². The lowest BCUT2D eigenvalue weighted by atomic mass is 10.2. The van der Waals surface area contributed by atoms with E-state index in [1.807, 2.05) is 0 Å². The number of halogens is 3. The van der Waals surface area contributed by atoms with Crippen LogP contribution in [0.3, 0.4) is 0 Å². The minimum Gasteiger partial charge on any atom is -0.348 e. The van der Waals surface area contributed by atoms with E-state index in [4.69, 9.17) is 11.6 Å². The zero-order valence-electron chi connectivity index (χ0n) is 14.2. The first kappa shape index (κ1) is 20.3. The molecule has 1 aliphatic heterocycles. The lowest BCUT2D eigenvalue weighted by Crippen LogP contribution is -2.28. The molecule has 27 heavy (non-hydrogen) atoms. The summed E-state index contributed by atoms with van der Waals surface area (Å²) in [6, 6.07) is 8.46. The van der Waals surface area contributed by atoms with Crippen LogP contribution in [0.2, 0.25) is 5.02 Å². The first-order valence-electron chi connectivity index (χ1n) is 8.31. The summed E-state index contributed by atoms with van der Waals surface area (Å²) in [4.78, 5) is 12.5. The van der Waals surface area contributed by atoms with Gasteiger partial charge in [0.1, 0.15) is 5.82 Å². The van der Waals surface area contributed by atoms with E-state index < -0.39 is 21.7 Å². The van der Waals surface area contributed by atoms with Crippen molar-refractivity contribution >= 4 is 43.5 Å². The van der Waals surface area contributed by atoms with Crippen LogP contribution < -0.4 is 5.32 Å². The number of nitrogens with zero attached hydrogens (tertiary/aromatic N) is 1. The van der Waals surface area contributed by atoms with E-state index in [-0.39, 0.29) is 22.0 Å². The molecule has 2 aromatic carbocycles. The van der Waals surface area contributed by atoms with Crippen LogP contribution in [0.15, 0.2) is 45.8 Å². The number of sulfonamides is 1. The highest BCUT2D eigenvalue weighted by atomic mass is 79.9. The summed E-state index contributed by atoms with van der Waals surface area (Å²) >= 11 is 9.34. The highest BCUT2D eigenvalue weighted by Crippen LogP contribution is 2.25. The van der Waals surface area contributed by atoms with Crippen molar-refractivity contribution in [1.82, 2.24) is 9.62 Å². The molecule has 5 nitrogen and oxygen atoms in total. The smallest absolute Gasteiger partial charge is 0.253 e. The van der Waals surface area contributed by atoms with Gasteiger partial charge in [0.05, 0.1) is 15.5 Å². The third kappa shape index (κ3) is 4.51. The summed E-state index contributed by atoms with van der Waals surface area (Å²) in [6.45, 7) is 0.882. The lowest BCUT2D eigenvalue weighted by molar-refractivity contribution is 0.0950. The van der Waals surface area contributed by atoms with Crippen LogP contribution >= 0.6 is 27.5 Å². The molecular weight excluding hydrogens is 459 g/mol. The number of carbonyl (C=O) groups excluding carboxylic acids is 1. The van der Waals surface area contributed by atoms with Crippen molar-refractivity contribution in [3.63, 3.8) is 0 Å². The van der Waals surface area contributed by atoms with Gasteiger partial charge in [0.25, 0.3) is 5.91 Å². The topological polar surface area (TPSA) is 66.5 Å². The van der Waals surface area contributed by atoms with Crippen LogP contribution in [0.5, 0.6) is 0 Å². The SMILES string of the molecule is O=C(NCc1cc(Br)ccc1F)c1cc(S(=O)(=O)N2CCCC2)ccc1Cl. The molecule has 0 radical (unpaired) electrons. The van der Waals surface area contributed by atoms with E-state index in [1.54, 1.807) is 12.1 Å². The Hall–Kier alpha value is -1.48. The Morgan fingerprint density at radius 1 is 1.19 bits per heavy atom. The highest BCUT2D eigenvalue weighted by Gasteiger charge is 2.28. The molecule has 1 heterocycles. The Kier molecular flexibility index (Phi) is 6.20. The Bertz CT molecular complexity index is 979. The van der Waals surface area contributed by atoms with Crippen LogP contribution in [-0.4, -0.2) is 31.7 Å². The number of hydrogen-bond acceptors (Lipinski definition) is 3. The zero-order chi connectivity index (χ0) is 19.6. The molecule has 0 unspecified atom stereocenters. The van der Waals surface area contributed by atoms with E-state index in [9.17, 15) is 17.6 Å². The van der Waals surface area contributed by atoms with Gasteiger partial charge in [-0.3, -0.25) is 4.79 Å². The molecule has 0 atom stereocenters. The van der Waals surface area contributed by atoms with Crippen molar-refractivity contribution < 1.29 is 17.6 Å². The maximum atomic E-state index is 13.8. The molecular formula is C18H17BrClFN2O3S. The standard InChI is InChI=1S/C18H17BrClFN2O3S/c19-13-3-6-17(21)12(9-13)11-22-18(24)15-10-14(4-5-16(15)20)27(25,26)23-7-1-2-8-23/h3-6,9-10H,1-2,7-8,11H2,(H,22,24). The quantitative estimate of drug-likeness (QED) is 0.712. The van der Waals surface area contributed by atoms with Crippen molar-refractivity contribution in [2.75, 3.05) is 13.1 Å². The summed E-state index contributed by atoms with van der Waals surface area (Å²) in [5, 5.41) is 2.71. The van der Waals surface area contributed by atoms with Crippen LogP contribution in [0, 0.1) is 5.82 Å². The van der Waals surface area contributed by atoms with Crippen molar-refractivity contribution in [3.05, 3.63) is 62.8 Å². The van der Waals surface area contributed by atoms with Gasteiger partial charge in [-0.1, -0.05) is 27.5 Å². The summed E-state index contributed by atoms with van der Waals surface area (Å²) in [7, 11) is -3.66. The molecule has 1 saturated heterocycles. The molecule has 1 N–H and O–H groups in total. The summed E-state index contributed by atoms with van der Waals surface area (Å²) in [6.07, 6.45) is 1.64. The Labute approximate surface area is 170 Å². The minimum atomic E-state index is -3.66. The van der Waals surface area contributed by atoms with Gasteiger partial charge in [0.15, 0.2) is 0 Å². The maximum absolute atomic E-state index is 13.8. The molecule has 1 fully saturated rings. The monoisotopic (exact) mass is 474 g/mol. The Balaban J connectivity index is 1.81. The average Bonchev–Trinajstić information content (AvgIpc) is 3.18. The molecule has 0 aliphatic carbocycles. The normalized spacial score (nSPS) is 15.1. The van der Waals surface area contributed by atoms with Gasteiger partial charge < -0.3 is 5.32 Å². The molecule has 144 valence electrons. The molecule has 1 aliphatic rings. The first-order chi connectivity index (χ1) is 12.8. The Morgan fingerprint density at radius 2 is 1.89 bits per heavy atom. The summed E-state index contributed by atoms with van der Waals surface area (Å²) in [5.41, 5.74) is 0.335. The molecule has 9 heteroatoms. The predicted octanol–water partition coefficient (Wildman–Crippen LogP) is 3.96. The first-order valence-corrected chi connectivity index (χ1v) is 10.9. The van der Waals surface area contributed by atoms with Gasteiger partial charge in [-0.25, -0.2) is 12.8 Å². The molecule has 0 aromatic heterocycles. The van der Waals surface area contributed by atoms with Crippen LogP contribution in [0.4, 0.5) is 4.39 Å². The second-order valence-electron chi connectivity index (χ2n) is 6.17. The van der Waals surface area contributed by atoms with E-state index in [2.05, 4.69) is 21.2 Å². The summed E-state index contributed by atoms with van der Waals surface area (Å²) in [5.74, 6) is -1.02. The summed E-state index contributed by atoms with van der Waals surface area (Å²) < 4.78 is 41.3. The number of hydrogen-bond donors (Lipinski definition) is 1. The molecule has 1 amide bonds. The largest absolute Gasteiger partial charge is 0.348 e. The minimum absolute atomic E-state index is 0.0209. The fourth-order valence-electron chi connectivity index (χ4n) is 2.87. The van der Waals surface area contributed by atoms with Gasteiger partial charge in [0, 0.05) is 29.7 Å². The van der Waals surface area contributed by atoms with Crippen LogP contribution in [0.25, 0.3) is 0 Å². The highest BCUT2D eigenvalue weighted by molar-refractivity contribution is 9.10. The lowest BCUT2D eigenvalue weighted by Gasteiger charge is -2.16. The number of amides is 1. The fraction of sp³-hybridized carbons (Fsp3) is 0.278. The molecule has 0 saturated carbocycles. The van der Waals surface area contributed by atoms with E-state index in [0.29, 0.717) is 23.1 Å². The second-order valence-corrected chi connectivity index (χ2v) is 9.43. The second kappa shape index (κ2) is 8.26. The third-order valence-corrected chi connectivity index (χ3v) is 7.05. The van der Waals surface area contributed by atoms with Crippen molar-refractivity contribution in [1.29, 1.82) is 0 Å². The van der Waals surface area contributed by atoms with Crippen LogP contribution in [-0.2, 0) is 16.6 Å². The number of benzene rings is 2. The van der Waals surface area contributed by atoms with Gasteiger partial charge in [-0.05, 0) is 49.2 Å². The van der Waals surface area contributed by atoms with Gasteiger partial charge in [-0.2, -0.15) is 4.31 Å². The molecule has 0 bridgehead atoms. The molecule has 2 aromatic rings. The predicted molar refractivity (Wildman–Crippen MR) is 105 cm³/mol. The van der Waals surface area contributed by atoms with Crippen LogP contribution in [0.1, 0.15) is 28.8 Å².